The maximum absolute atomic E-state index is 11.8. The van der Waals surface area contributed by atoms with Crippen molar-refractivity contribution in [3.05, 3.63) is 0 Å². The van der Waals surface area contributed by atoms with Crippen molar-refractivity contribution in [2.45, 2.75) is 38.4 Å². The van der Waals surface area contributed by atoms with Crippen LogP contribution in [0.3, 0.4) is 0 Å². The number of amides is 1. The molecule has 0 aliphatic rings. The molecule has 0 heterocycles. The third-order valence-electron chi connectivity index (χ3n) is 2.06. The lowest BCUT2D eigenvalue weighted by Crippen LogP contribution is -2.42. The van der Waals surface area contributed by atoms with Gasteiger partial charge in [0.1, 0.15) is 0 Å². The lowest BCUT2D eigenvalue weighted by Gasteiger charge is -2.15. The van der Waals surface area contributed by atoms with Crippen LogP contribution in [0.2, 0.25) is 0 Å². The van der Waals surface area contributed by atoms with Crippen molar-refractivity contribution in [1.29, 1.82) is 0 Å². The molecule has 3 N–H and O–H groups in total. The van der Waals surface area contributed by atoms with E-state index in [0.29, 0.717) is 6.54 Å². The number of nitrogens with two attached hydrogens (primary N) is 1. The number of rotatable bonds is 9. The van der Waals surface area contributed by atoms with Crippen LogP contribution in [-0.2, 0) is 9.53 Å². The van der Waals surface area contributed by atoms with Crippen LogP contribution in [0.5, 0.6) is 0 Å². The molecule has 1 atom stereocenters. The Kier molecular flexibility index (Phi) is 7.90. The molecule has 0 aromatic heterocycles. The molecule has 0 saturated carbocycles. The summed E-state index contributed by atoms with van der Waals surface area (Å²) in [6.07, 6.45) is -4.05. The molecule has 17 heavy (non-hydrogen) atoms. The highest BCUT2D eigenvalue weighted by Gasteiger charge is 2.26. The third-order valence-corrected chi connectivity index (χ3v) is 2.06. The van der Waals surface area contributed by atoms with Gasteiger partial charge in [0.05, 0.1) is 19.1 Å². The Balaban J connectivity index is 3.65. The molecular formula is C10H19F3N2O2. The molecule has 0 aliphatic heterocycles. The fourth-order valence-electron chi connectivity index (χ4n) is 1.15. The van der Waals surface area contributed by atoms with Gasteiger partial charge in [0, 0.05) is 6.61 Å². The fourth-order valence-corrected chi connectivity index (χ4v) is 1.15. The molecule has 7 heteroatoms. The molecular weight excluding hydrogens is 237 g/mol. The van der Waals surface area contributed by atoms with Gasteiger partial charge >= 0.3 is 6.18 Å². The predicted molar refractivity (Wildman–Crippen MR) is 57.4 cm³/mol. The van der Waals surface area contributed by atoms with E-state index in [-0.39, 0.29) is 19.6 Å². The topological polar surface area (TPSA) is 64.3 Å². The largest absolute Gasteiger partial charge is 0.391 e. The summed E-state index contributed by atoms with van der Waals surface area (Å²) >= 11 is 0. The molecule has 1 amide bonds. The molecule has 0 rings (SSSR count). The van der Waals surface area contributed by atoms with Crippen LogP contribution in [0.15, 0.2) is 0 Å². The highest BCUT2D eigenvalue weighted by Crippen LogP contribution is 2.18. The second-order valence-corrected chi connectivity index (χ2v) is 3.68. The van der Waals surface area contributed by atoms with Crippen LogP contribution in [0.1, 0.15) is 26.2 Å². The molecule has 0 aromatic carbocycles. The summed E-state index contributed by atoms with van der Waals surface area (Å²) in [6.45, 7) is 2.27. The molecule has 0 bridgehead atoms. The Morgan fingerprint density at radius 3 is 2.53 bits per heavy atom. The maximum Gasteiger partial charge on any atom is 0.391 e. The Labute approximate surface area is 98.7 Å². The van der Waals surface area contributed by atoms with E-state index >= 15 is 0 Å². The Bertz CT molecular complexity index is 222. The highest BCUT2D eigenvalue weighted by atomic mass is 19.4. The number of ether oxygens (including phenoxy) is 1. The molecule has 0 saturated heterocycles. The van der Waals surface area contributed by atoms with E-state index in [4.69, 9.17) is 10.5 Å². The van der Waals surface area contributed by atoms with Crippen LogP contribution in [-0.4, -0.2) is 37.9 Å². The minimum Gasteiger partial charge on any atom is -0.381 e. The van der Waals surface area contributed by atoms with Crippen molar-refractivity contribution in [2.24, 2.45) is 5.73 Å². The van der Waals surface area contributed by atoms with Gasteiger partial charge in [-0.2, -0.15) is 13.2 Å². The zero-order chi connectivity index (χ0) is 13.3. The van der Waals surface area contributed by atoms with E-state index in [2.05, 4.69) is 5.32 Å². The number of carbonyl (C=O) groups is 1. The van der Waals surface area contributed by atoms with Crippen LogP contribution >= 0.6 is 0 Å². The van der Waals surface area contributed by atoms with Gasteiger partial charge in [-0.1, -0.05) is 6.92 Å². The summed E-state index contributed by atoms with van der Waals surface area (Å²) in [5.41, 5.74) is 5.12. The van der Waals surface area contributed by atoms with Crippen molar-refractivity contribution in [2.75, 3.05) is 19.8 Å². The van der Waals surface area contributed by atoms with E-state index in [0.717, 1.165) is 6.42 Å². The van der Waals surface area contributed by atoms with Crippen LogP contribution < -0.4 is 11.1 Å². The van der Waals surface area contributed by atoms with Gasteiger partial charge in [-0.05, 0) is 19.4 Å². The molecule has 0 aromatic rings. The van der Waals surface area contributed by atoms with E-state index in [1.54, 1.807) is 0 Å². The van der Waals surface area contributed by atoms with Crippen LogP contribution in [0, 0.1) is 0 Å². The molecule has 0 spiro atoms. The van der Waals surface area contributed by atoms with Gasteiger partial charge in [-0.3, -0.25) is 4.79 Å². The molecule has 0 aliphatic carbocycles. The van der Waals surface area contributed by atoms with Crippen LogP contribution in [0.25, 0.3) is 0 Å². The van der Waals surface area contributed by atoms with Crippen molar-refractivity contribution in [3.8, 4) is 0 Å². The standard InChI is InChI=1S/C10H19F3N2O2/c1-2-5-15-8(9(14)16)3-6-17-7-4-10(11,12)13/h8,15H,2-7H2,1H3,(H2,14,16). The lowest BCUT2D eigenvalue weighted by molar-refractivity contribution is -0.145. The summed E-state index contributed by atoms with van der Waals surface area (Å²) in [6, 6.07) is -0.541. The van der Waals surface area contributed by atoms with E-state index in [1.807, 2.05) is 6.92 Å². The molecule has 4 nitrogen and oxygen atoms in total. The zero-order valence-corrected chi connectivity index (χ0v) is 9.85. The zero-order valence-electron chi connectivity index (χ0n) is 9.85. The summed E-state index contributed by atoms with van der Waals surface area (Å²) in [5.74, 6) is -0.516. The van der Waals surface area contributed by atoms with Gasteiger partial charge in [0.25, 0.3) is 0 Å². The number of primary amides is 1. The summed E-state index contributed by atoms with van der Waals surface area (Å²) < 4.78 is 40.1. The maximum atomic E-state index is 11.8. The number of alkyl halides is 3. The number of halogens is 3. The Hall–Kier alpha value is -0.820. The van der Waals surface area contributed by atoms with E-state index < -0.39 is 24.5 Å². The van der Waals surface area contributed by atoms with Crippen molar-refractivity contribution >= 4 is 5.91 Å². The quantitative estimate of drug-likeness (QED) is 0.609. The number of hydrogen-bond donors (Lipinski definition) is 2. The number of nitrogens with one attached hydrogen (secondary N) is 1. The van der Waals surface area contributed by atoms with Gasteiger partial charge in [0.2, 0.25) is 5.91 Å². The predicted octanol–water partition coefficient (Wildman–Crippen LogP) is 1.20. The highest BCUT2D eigenvalue weighted by molar-refractivity contribution is 5.79. The summed E-state index contributed by atoms with van der Waals surface area (Å²) in [4.78, 5) is 11.0. The third kappa shape index (κ3) is 10.1. The normalized spacial score (nSPS) is 13.6. The van der Waals surface area contributed by atoms with Crippen molar-refractivity contribution in [1.82, 2.24) is 5.32 Å². The van der Waals surface area contributed by atoms with Gasteiger partial charge in [-0.15, -0.1) is 0 Å². The average Bonchev–Trinajstić information content (AvgIpc) is 2.20. The summed E-state index contributed by atoms with van der Waals surface area (Å²) in [7, 11) is 0. The lowest BCUT2D eigenvalue weighted by atomic mass is 10.2. The fraction of sp³-hybridized carbons (Fsp3) is 0.900. The SMILES string of the molecule is CCCNC(CCOCCC(F)(F)F)C(N)=O. The monoisotopic (exact) mass is 256 g/mol. The number of carbonyl (C=O) groups excluding carboxylic acids is 1. The molecule has 1 unspecified atom stereocenters. The first-order valence-electron chi connectivity index (χ1n) is 5.54. The van der Waals surface area contributed by atoms with Crippen LogP contribution in [0.4, 0.5) is 13.2 Å². The van der Waals surface area contributed by atoms with Crippen molar-refractivity contribution in [3.63, 3.8) is 0 Å². The average molecular weight is 256 g/mol. The first kappa shape index (κ1) is 16.2. The minimum absolute atomic E-state index is 0.0837. The first-order chi connectivity index (χ1) is 7.87. The first-order valence-corrected chi connectivity index (χ1v) is 5.54. The minimum atomic E-state index is -4.20. The van der Waals surface area contributed by atoms with Crippen molar-refractivity contribution < 1.29 is 22.7 Å². The second-order valence-electron chi connectivity index (χ2n) is 3.68. The molecule has 0 fully saturated rings. The Morgan fingerprint density at radius 1 is 1.41 bits per heavy atom. The number of hydrogen-bond acceptors (Lipinski definition) is 3. The second kappa shape index (κ2) is 8.30. The van der Waals surface area contributed by atoms with Gasteiger partial charge in [-0.25, -0.2) is 0 Å². The molecule has 0 radical (unpaired) electrons. The smallest absolute Gasteiger partial charge is 0.381 e. The molecule has 102 valence electrons. The van der Waals surface area contributed by atoms with E-state index in [1.165, 1.54) is 0 Å². The van der Waals surface area contributed by atoms with Gasteiger partial charge < -0.3 is 15.8 Å². The van der Waals surface area contributed by atoms with Gasteiger partial charge in [0.15, 0.2) is 0 Å². The Morgan fingerprint density at radius 2 is 2.06 bits per heavy atom. The van der Waals surface area contributed by atoms with E-state index in [9.17, 15) is 18.0 Å². The summed E-state index contributed by atoms with van der Waals surface area (Å²) in [5, 5.41) is 2.90.